The molecule has 106 valence electrons. The van der Waals surface area contributed by atoms with Crippen molar-refractivity contribution in [3.63, 3.8) is 0 Å². The number of esters is 1. The molecule has 0 aliphatic heterocycles. The molecule has 0 spiro atoms. The van der Waals surface area contributed by atoms with E-state index in [4.69, 9.17) is 4.74 Å². The first-order valence-corrected chi connectivity index (χ1v) is 8.06. The molecule has 3 nitrogen and oxygen atoms in total. The van der Waals surface area contributed by atoms with Gasteiger partial charge < -0.3 is 4.74 Å². The Morgan fingerprint density at radius 1 is 1.53 bits per heavy atom. The van der Waals surface area contributed by atoms with Crippen LogP contribution in [0.1, 0.15) is 50.4 Å². The van der Waals surface area contributed by atoms with Crippen LogP contribution in [0.25, 0.3) is 0 Å². The largest absolute Gasteiger partial charge is 0.465 e. The Morgan fingerprint density at radius 3 is 2.84 bits per heavy atom. The summed E-state index contributed by atoms with van der Waals surface area (Å²) in [5, 5.41) is 5.59. The topological polar surface area (TPSA) is 38.3 Å². The lowest BCUT2D eigenvalue weighted by Gasteiger charge is -2.26. The molecule has 2 rings (SSSR count). The van der Waals surface area contributed by atoms with Crippen LogP contribution in [0.15, 0.2) is 17.5 Å². The van der Waals surface area contributed by atoms with Gasteiger partial charge >= 0.3 is 5.97 Å². The molecule has 1 heterocycles. The highest BCUT2D eigenvalue weighted by Crippen LogP contribution is 2.37. The van der Waals surface area contributed by atoms with E-state index in [1.165, 1.54) is 30.6 Å². The van der Waals surface area contributed by atoms with Gasteiger partial charge in [-0.1, -0.05) is 18.9 Å². The van der Waals surface area contributed by atoms with E-state index in [1.54, 1.807) is 11.3 Å². The molecule has 1 saturated carbocycles. The monoisotopic (exact) mass is 281 g/mol. The molecule has 0 amide bonds. The normalized spacial score (nSPS) is 19.3. The third-order valence-corrected chi connectivity index (χ3v) is 4.75. The Bertz CT molecular complexity index is 385. The van der Waals surface area contributed by atoms with Crippen LogP contribution in [0.5, 0.6) is 0 Å². The second-order valence-corrected chi connectivity index (χ2v) is 6.16. The van der Waals surface area contributed by atoms with Crippen molar-refractivity contribution >= 4 is 17.3 Å². The lowest BCUT2D eigenvalue weighted by Crippen LogP contribution is -2.40. The maximum atomic E-state index is 11.8. The Kier molecular flexibility index (Phi) is 5.40. The number of carbonyl (C=O) groups is 1. The van der Waals surface area contributed by atoms with Crippen molar-refractivity contribution in [3.05, 3.63) is 22.4 Å². The minimum Gasteiger partial charge on any atom is -0.465 e. The molecular weight excluding hydrogens is 258 g/mol. The number of rotatable bonds is 6. The molecule has 1 aromatic heterocycles. The van der Waals surface area contributed by atoms with Crippen molar-refractivity contribution in [2.24, 2.45) is 5.92 Å². The average molecular weight is 281 g/mol. The predicted octanol–water partition coefficient (Wildman–Crippen LogP) is 3.52. The van der Waals surface area contributed by atoms with Crippen LogP contribution in [-0.4, -0.2) is 18.6 Å². The van der Waals surface area contributed by atoms with Crippen LogP contribution >= 0.6 is 11.3 Å². The summed E-state index contributed by atoms with van der Waals surface area (Å²) in [7, 11) is 0. The van der Waals surface area contributed by atoms with Crippen LogP contribution in [0.4, 0.5) is 0 Å². The van der Waals surface area contributed by atoms with Crippen molar-refractivity contribution in [2.45, 2.75) is 51.6 Å². The number of nitrogens with one attached hydrogen (secondary N) is 1. The minimum absolute atomic E-state index is 0.151. The van der Waals surface area contributed by atoms with Gasteiger partial charge in [0.25, 0.3) is 0 Å². The van der Waals surface area contributed by atoms with Crippen LogP contribution in [-0.2, 0) is 9.53 Å². The molecule has 1 aliphatic rings. The first-order chi connectivity index (χ1) is 9.22. The second-order valence-electron chi connectivity index (χ2n) is 5.18. The number of thiophene rings is 1. The predicted molar refractivity (Wildman–Crippen MR) is 78.2 cm³/mol. The summed E-state index contributed by atoms with van der Waals surface area (Å²) >= 11 is 1.77. The summed E-state index contributed by atoms with van der Waals surface area (Å²) in [6, 6.07) is 4.30. The minimum atomic E-state index is -0.243. The van der Waals surface area contributed by atoms with Crippen molar-refractivity contribution in [3.8, 4) is 0 Å². The van der Waals surface area contributed by atoms with E-state index in [0.717, 1.165) is 0 Å². The summed E-state index contributed by atoms with van der Waals surface area (Å²) < 4.78 is 5.09. The molecule has 0 bridgehead atoms. The SMILES string of the molecule is CCOC(=O)C(C)NC(c1cccs1)C1CCCC1. The fraction of sp³-hybridized carbons (Fsp3) is 0.667. The Morgan fingerprint density at radius 2 is 2.26 bits per heavy atom. The number of hydrogen-bond acceptors (Lipinski definition) is 4. The Balaban J connectivity index is 2.03. The third kappa shape index (κ3) is 3.80. The molecule has 1 N–H and O–H groups in total. The zero-order valence-corrected chi connectivity index (χ0v) is 12.5. The molecule has 19 heavy (non-hydrogen) atoms. The van der Waals surface area contributed by atoms with Gasteiger partial charge in [-0.2, -0.15) is 0 Å². The molecule has 0 saturated heterocycles. The maximum Gasteiger partial charge on any atom is 0.322 e. The lowest BCUT2D eigenvalue weighted by molar-refractivity contribution is -0.145. The average Bonchev–Trinajstić information content (AvgIpc) is 3.09. The van der Waals surface area contributed by atoms with E-state index in [0.29, 0.717) is 18.6 Å². The summed E-state index contributed by atoms with van der Waals surface area (Å²) in [5.74, 6) is 0.498. The van der Waals surface area contributed by atoms with Gasteiger partial charge in [-0.3, -0.25) is 10.1 Å². The van der Waals surface area contributed by atoms with Crippen LogP contribution in [0.2, 0.25) is 0 Å². The van der Waals surface area contributed by atoms with Crippen molar-refractivity contribution in [2.75, 3.05) is 6.61 Å². The van der Waals surface area contributed by atoms with Gasteiger partial charge in [0.2, 0.25) is 0 Å². The molecule has 0 radical (unpaired) electrons. The molecule has 2 unspecified atom stereocenters. The number of hydrogen-bond donors (Lipinski definition) is 1. The first kappa shape index (κ1) is 14.5. The molecule has 1 aliphatic carbocycles. The summed E-state index contributed by atoms with van der Waals surface area (Å²) in [6.45, 7) is 4.18. The number of carbonyl (C=O) groups excluding carboxylic acids is 1. The standard InChI is InChI=1S/C15H23NO2S/c1-3-18-15(17)11(2)16-14(12-7-4-5-8-12)13-9-6-10-19-13/h6,9-12,14,16H,3-5,7-8H2,1-2H3. The smallest absolute Gasteiger partial charge is 0.322 e. The van der Waals surface area contributed by atoms with E-state index >= 15 is 0 Å². The Hall–Kier alpha value is -0.870. The van der Waals surface area contributed by atoms with Gasteiger partial charge in [0, 0.05) is 10.9 Å². The molecule has 0 aromatic carbocycles. The van der Waals surface area contributed by atoms with Crippen molar-refractivity contribution < 1.29 is 9.53 Å². The van der Waals surface area contributed by atoms with Crippen LogP contribution < -0.4 is 5.32 Å². The van der Waals surface area contributed by atoms with Gasteiger partial charge in [-0.15, -0.1) is 11.3 Å². The quantitative estimate of drug-likeness (QED) is 0.811. The van der Waals surface area contributed by atoms with Gasteiger partial charge in [-0.05, 0) is 44.1 Å². The highest BCUT2D eigenvalue weighted by Gasteiger charge is 2.29. The van der Waals surface area contributed by atoms with E-state index in [9.17, 15) is 4.79 Å². The highest BCUT2D eigenvalue weighted by molar-refractivity contribution is 7.10. The summed E-state index contributed by atoms with van der Waals surface area (Å²) in [5.41, 5.74) is 0. The summed E-state index contributed by atoms with van der Waals surface area (Å²) in [4.78, 5) is 13.1. The maximum absolute atomic E-state index is 11.8. The van der Waals surface area contributed by atoms with Crippen molar-refractivity contribution in [1.29, 1.82) is 0 Å². The fourth-order valence-corrected chi connectivity index (χ4v) is 3.69. The molecule has 1 aromatic rings. The highest BCUT2D eigenvalue weighted by atomic mass is 32.1. The van der Waals surface area contributed by atoms with Crippen molar-refractivity contribution in [1.82, 2.24) is 5.32 Å². The molecule has 1 fully saturated rings. The van der Waals surface area contributed by atoms with E-state index in [2.05, 4.69) is 22.8 Å². The van der Waals surface area contributed by atoms with Crippen LogP contribution in [0.3, 0.4) is 0 Å². The first-order valence-electron chi connectivity index (χ1n) is 7.18. The van der Waals surface area contributed by atoms with Gasteiger partial charge in [0.05, 0.1) is 6.61 Å². The van der Waals surface area contributed by atoms with E-state index in [-0.39, 0.29) is 12.0 Å². The molecule has 4 heteroatoms. The molecule has 2 atom stereocenters. The van der Waals surface area contributed by atoms with E-state index in [1.807, 2.05) is 13.8 Å². The zero-order chi connectivity index (χ0) is 13.7. The molecular formula is C15H23NO2S. The van der Waals surface area contributed by atoms with Gasteiger partial charge in [0.1, 0.15) is 6.04 Å². The van der Waals surface area contributed by atoms with Gasteiger partial charge in [0.15, 0.2) is 0 Å². The Labute approximate surface area is 119 Å². The third-order valence-electron chi connectivity index (χ3n) is 3.79. The van der Waals surface area contributed by atoms with Crippen LogP contribution in [0, 0.1) is 5.92 Å². The zero-order valence-electron chi connectivity index (χ0n) is 11.7. The second kappa shape index (κ2) is 7.06. The lowest BCUT2D eigenvalue weighted by atomic mass is 9.96. The fourth-order valence-electron chi connectivity index (χ4n) is 2.81. The summed E-state index contributed by atoms with van der Waals surface area (Å²) in [6.07, 6.45) is 5.13. The van der Waals surface area contributed by atoms with Gasteiger partial charge in [-0.25, -0.2) is 0 Å². The number of ether oxygens (including phenoxy) is 1. The van der Waals surface area contributed by atoms with E-state index < -0.39 is 0 Å².